The number of aliphatic hydroxyl groups is 1. The summed E-state index contributed by atoms with van der Waals surface area (Å²) in [5.74, 6) is 2.18. The van der Waals surface area contributed by atoms with Gasteiger partial charge in [-0.05, 0) is 32.4 Å². The molecule has 1 N–H and O–H groups in total. The van der Waals surface area contributed by atoms with E-state index >= 15 is 0 Å². The van der Waals surface area contributed by atoms with E-state index in [4.69, 9.17) is 0 Å². The quantitative estimate of drug-likeness (QED) is 0.876. The number of aryl methyl sites for hydroxylation is 1. The van der Waals surface area contributed by atoms with Crippen molar-refractivity contribution in [2.45, 2.75) is 50.5 Å². The number of imidazole rings is 1. The Morgan fingerprint density at radius 2 is 2.50 bits per heavy atom. The van der Waals surface area contributed by atoms with Crippen molar-refractivity contribution in [1.29, 1.82) is 0 Å². The zero-order chi connectivity index (χ0) is 11.6. The van der Waals surface area contributed by atoms with Gasteiger partial charge >= 0.3 is 0 Å². The van der Waals surface area contributed by atoms with Gasteiger partial charge in [-0.25, -0.2) is 4.98 Å². The number of aromatic nitrogens is 2. The topological polar surface area (TPSA) is 38.0 Å². The van der Waals surface area contributed by atoms with Crippen LogP contribution in [0.4, 0.5) is 0 Å². The van der Waals surface area contributed by atoms with E-state index in [2.05, 4.69) is 23.4 Å². The molecule has 0 aliphatic carbocycles. The van der Waals surface area contributed by atoms with Gasteiger partial charge in [0.15, 0.2) is 0 Å². The number of nitrogens with zero attached hydrogens (tertiary/aromatic N) is 2. The SMILES string of the molecule is CCn1ccnc1CC(O)C1(C)CCCS1. The number of thioether (sulfide) groups is 1. The second kappa shape index (κ2) is 4.80. The molecule has 1 aromatic rings. The van der Waals surface area contributed by atoms with Crippen LogP contribution in [0.25, 0.3) is 0 Å². The predicted molar refractivity (Wildman–Crippen MR) is 67.7 cm³/mol. The molecule has 0 amide bonds. The highest BCUT2D eigenvalue weighted by atomic mass is 32.2. The molecule has 0 bridgehead atoms. The van der Waals surface area contributed by atoms with Crippen molar-refractivity contribution in [3.05, 3.63) is 18.2 Å². The van der Waals surface area contributed by atoms with Gasteiger partial charge in [0, 0.05) is 30.1 Å². The molecule has 0 aromatic carbocycles. The lowest BCUT2D eigenvalue weighted by Gasteiger charge is -2.28. The molecule has 2 atom stereocenters. The second-order valence-corrected chi connectivity index (χ2v) is 6.24. The molecule has 90 valence electrons. The highest BCUT2D eigenvalue weighted by Crippen LogP contribution is 2.41. The predicted octanol–water partition coefficient (Wildman–Crippen LogP) is 2.09. The Kier molecular flexibility index (Phi) is 3.60. The van der Waals surface area contributed by atoms with Gasteiger partial charge < -0.3 is 9.67 Å². The van der Waals surface area contributed by atoms with Crippen molar-refractivity contribution in [3.8, 4) is 0 Å². The molecule has 1 aliphatic rings. The van der Waals surface area contributed by atoms with Crippen LogP contribution in [0.1, 0.15) is 32.5 Å². The fraction of sp³-hybridized carbons (Fsp3) is 0.750. The minimum Gasteiger partial charge on any atom is -0.391 e. The summed E-state index contributed by atoms with van der Waals surface area (Å²) in [4.78, 5) is 4.32. The van der Waals surface area contributed by atoms with E-state index in [-0.39, 0.29) is 10.9 Å². The van der Waals surface area contributed by atoms with Crippen LogP contribution in [0.3, 0.4) is 0 Å². The van der Waals surface area contributed by atoms with Crippen LogP contribution in [0.5, 0.6) is 0 Å². The molecule has 3 nitrogen and oxygen atoms in total. The average Bonchev–Trinajstić information content (AvgIpc) is 2.87. The third-order valence-electron chi connectivity index (χ3n) is 3.47. The van der Waals surface area contributed by atoms with Crippen LogP contribution >= 0.6 is 11.8 Å². The van der Waals surface area contributed by atoms with Crippen LogP contribution in [0, 0.1) is 0 Å². The van der Waals surface area contributed by atoms with Crippen molar-refractivity contribution in [2.75, 3.05) is 5.75 Å². The van der Waals surface area contributed by atoms with Crippen LogP contribution in [-0.2, 0) is 13.0 Å². The summed E-state index contributed by atoms with van der Waals surface area (Å²) in [6.45, 7) is 5.20. The molecule has 2 heterocycles. The van der Waals surface area contributed by atoms with Crippen molar-refractivity contribution in [3.63, 3.8) is 0 Å². The smallest absolute Gasteiger partial charge is 0.111 e. The zero-order valence-electron chi connectivity index (χ0n) is 10.0. The summed E-state index contributed by atoms with van der Waals surface area (Å²) in [5.41, 5.74) is 0. The Balaban J connectivity index is 2.04. The first kappa shape index (κ1) is 12.0. The Morgan fingerprint density at radius 1 is 1.69 bits per heavy atom. The van der Waals surface area contributed by atoms with Gasteiger partial charge in [0.1, 0.15) is 5.82 Å². The van der Waals surface area contributed by atoms with Crippen LogP contribution in [-0.4, -0.2) is 31.3 Å². The van der Waals surface area contributed by atoms with E-state index in [1.54, 1.807) is 0 Å². The lowest BCUT2D eigenvalue weighted by Crippen LogP contribution is -2.36. The molecular formula is C12H20N2OS. The second-order valence-electron chi connectivity index (χ2n) is 4.61. The van der Waals surface area contributed by atoms with E-state index in [1.807, 2.05) is 24.2 Å². The maximum Gasteiger partial charge on any atom is 0.111 e. The van der Waals surface area contributed by atoms with Crippen LogP contribution in [0.2, 0.25) is 0 Å². The van der Waals surface area contributed by atoms with Gasteiger partial charge in [-0.3, -0.25) is 0 Å². The normalized spacial score (nSPS) is 27.2. The first-order valence-corrected chi connectivity index (χ1v) is 6.96. The lowest BCUT2D eigenvalue weighted by molar-refractivity contribution is 0.130. The number of aliphatic hydroxyl groups excluding tert-OH is 1. The molecule has 2 unspecified atom stereocenters. The van der Waals surface area contributed by atoms with Gasteiger partial charge in [0.25, 0.3) is 0 Å². The molecule has 16 heavy (non-hydrogen) atoms. The fourth-order valence-electron chi connectivity index (χ4n) is 2.27. The Hall–Kier alpha value is -0.480. The zero-order valence-corrected chi connectivity index (χ0v) is 10.8. The fourth-order valence-corrected chi connectivity index (χ4v) is 3.59. The monoisotopic (exact) mass is 240 g/mol. The van der Waals surface area contributed by atoms with Gasteiger partial charge in [0.05, 0.1) is 6.10 Å². The third kappa shape index (κ3) is 2.28. The molecule has 1 aliphatic heterocycles. The number of hydrogen-bond donors (Lipinski definition) is 1. The summed E-state index contributed by atoms with van der Waals surface area (Å²) < 4.78 is 2.14. The minimum absolute atomic E-state index is 0.0323. The molecule has 4 heteroatoms. The molecular weight excluding hydrogens is 220 g/mol. The molecule has 0 saturated carbocycles. The molecule has 0 spiro atoms. The largest absolute Gasteiger partial charge is 0.391 e. The summed E-state index contributed by atoms with van der Waals surface area (Å²) in [6.07, 6.45) is 6.52. The lowest BCUT2D eigenvalue weighted by atomic mass is 9.96. The van der Waals surface area contributed by atoms with E-state index in [9.17, 15) is 5.11 Å². The number of rotatable bonds is 4. The highest BCUT2D eigenvalue weighted by Gasteiger charge is 2.37. The van der Waals surface area contributed by atoms with Crippen molar-refractivity contribution < 1.29 is 5.11 Å². The maximum absolute atomic E-state index is 10.3. The van der Waals surface area contributed by atoms with Crippen molar-refractivity contribution in [2.24, 2.45) is 0 Å². The average molecular weight is 240 g/mol. The Morgan fingerprint density at radius 3 is 3.12 bits per heavy atom. The van der Waals surface area contributed by atoms with Crippen LogP contribution in [0.15, 0.2) is 12.4 Å². The van der Waals surface area contributed by atoms with Crippen molar-refractivity contribution >= 4 is 11.8 Å². The summed E-state index contributed by atoms with van der Waals surface area (Å²) in [7, 11) is 0. The van der Waals surface area contributed by atoms with Gasteiger partial charge in [-0.2, -0.15) is 11.8 Å². The third-order valence-corrected chi connectivity index (χ3v) is 5.10. The van der Waals surface area contributed by atoms with E-state index in [0.29, 0.717) is 6.42 Å². The highest BCUT2D eigenvalue weighted by molar-refractivity contribution is 8.00. The van der Waals surface area contributed by atoms with Gasteiger partial charge in [-0.1, -0.05) is 0 Å². The molecule has 1 saturated heterocycles. The van der Waals surface area contributed by atoms with Gasteiger partial charge in [-0.15, -0.1) is 0 Å². The Labute approximate surface area is 101 Å². The van der Waals surface area contributed by atoms with E-state index in [0.717, 1.165) is 18.8 Å². The first-order valence-electron chi connectivity index (χ1n) is 5.98. The molecule has 1 aromatic heterocycles. The summed E-state index contributed by atoms with van der Waals surface area (Å²) >= 11 is 1.90. The molecule has 0 radical (unpaired) electrons. The maximum atomic E-state index is 10.3. The van der Waals surface area contributed by atoms with E-state index in [1.165, 1.54) is 12.2 Å². The van der Waals surface area contributed by atoms with Crippen molar-refractivity contribution in [1.82, 2.24) is 9.55 Å². The van der Waals surface area contributed by atoms with Gasteiger partial charge in [0.2, 0.25) is 0 Å². The number of hydrogen-bond acceptors (Lipinski definition) is 3. The molecule has 2 rings (SSSR count). The summed E-state index contributed by atoms with van der Waals surface area (Å²) in [5, 5.41) is 10.3. The van der Waals surface area contributed by atoms with E-state index < -0.39 is 0 Å². The molecule has 1 fully saturated rings. The Bertz CT molecular complexity index is 345. The minimum atomic E-state index is -0.285. The summed E-state index contributed by atoms with van der Waals surface area (Å²) in [6, 6.07) is 0. The first-order chi connectivity index (χ1) is 7.65. The standard InChI is InChI=1S/C12H20N2OS/c1-3-14-7-6-13-11(14)9-10(15)12(2)5-4-8-16-12/h6-7,10,15H,3-5,8-9H2,1-2H3. The van der Waals surface area contributed by atoms with Crippen LogP contribution < -0.4 is 0 Å².